The van der Waals surface area contributed by atoms with Crippen molar-refractivity contribution in [1.82, 2.24) is 20.9 Å². The Morgan fingerprint density at radius 1 is 0.909 bits per heavy atom. The van der Waals surface area contributed by atoms with Crippen LogP contribution in [-0.4, -0.2) is 69.0 Å². The molecule has 3 atom stereocenters. The highest BCUT2D eigenvalue weighted by Gasteiger charge is 2.35. The molecule has 2 bridgehead atoms. The third kappa shape index (κ3) is 6.81. The molecule has 2 rings (SSSR count). The van der Waals surface area contributed by atoms with Crippen molar-refractivity contribution in [2.45, 2.75) is 50.4 Å². The van der Waals surface area contributed by atoms with Crippen LogP contribution in [0.25, 0.3) is 0 Å². The third-order valence-electron chi connectivity index (χ3n) is 4.54. The summed E-state index contributed by atoms with van der Waals surface area (Å²) in [6.07, 6.45) is -1.29. The monoisotopic (exact) mass is 322 g/mol. The quantitative estimate of drug-likeness (QED) is 0.681. The number of nitrogens with one attached hydrogen (secondary N) is 3. The Morgan fingerprint density at radius 3 is 2.41 bits per heavy atom. The topological polar surface area (TPSA) is 39.3 Å². The van der Waals surface area contributed by atoms with Crippen LogP contribution in [0, 0.1) is 0 Å². The van der Waals surface area contributed by atoms with Crippen molar-refractivity contribution in [3.63, 3.8) is 0 Å². The zero-order valence-electron chi connectivity index (χ0n) is 13.2. The van der Waals surface area contributed by atoms with E-state index in [1.807, 2.05) is 0 Å². The van der Waals surface area contributed by atoms with Crippen LogP contribution in [0.4, 0.5) is 13.2 Å². The minimum atomic E-state index is -4.08. The second-order valence-electron chi connectivity index (χ2n) is 6.40. The Hall–Kier alpha value is -0.370. The van der Waals surface area contributed by atoms with E-state index >= 15 is 0 Å². The zero-order valence-corrected chi connectivity index (χ0v) is 13.2. The van der Waals surface area contributed by atoms with E-state index in [0.717, 1.165) is 65.1 Å². The van der Waals surface area contributed by atoms with E-state index in [9.17, 15) is 13.2 Å². The first-order chi connectivity index (χ1) is 10.5. The molecule has 2 aliphatic rings. The number of halogens is 3. The minimum absolute atomic E-state index is 0.326. The van der Waals surface area contributed by atoms with Crippen LogP contribution >= 0.6 is 0 Å². The summed E-state index contributed by atoms with van der Waals surface area (Å²) >= 11 is 0. The predicted octanol–water partition coefficient (Wildman–Crippen LogP) is 1.33. The first-order valence-corrected chi connectivity index (χ1v) is 8.50. The zero-order chi connectivity index (χ0) is 15.8. The smallest absolute Gasteiger partial charge is 0.315 e. The molecule has 0 spiro atoms. The third-order valence-corrected chi connectivity index (χ3v) is 4.54. The van der Waals surface area contributed by atoms with Gasteiger partial charge < -0.3 is 16.0 Å². The molecule has 0 aromatic rings. The van der Waals surface area contributed by atoms with Crippen molar-refractivity contribution >= 4 is 0 Å². The summed E-state index contributed by atoms with van der Waals surface area (Å²) in [6, 6.07) is -0.0418. The summed E-state index contributed by atoms with van der Waals surface area (Å²) in [6.45, 7) is 5.90. The Labute approximate surface area is 131 Å². The predicted molar refractivity (Wildman–Crippen MR) is 82.0 cm³/mol. The van der Waals surface area contributed by atoms with Crippen LogP contribution in [0.1, 0.15) is 32.1 Å². The van der Waals surface area contributed by atoms with Crippen molar-refractivity contribution in [1.29, 1.82) is 0 Å². The molecule has 0 saturated carbocycles. The van der Waals surface area contributed by atoms with Crippen molar-refractivity contribution < 1.29 is 13.2 Å². The average Bonchev–Trinajstić information content (AvgIpc) is 2.46. The maximum Gasteiger partial charge on any atom is 0.390 e. The van der Waals surface area contributed by atoms with Gasteiger partial charge in [0.15, 0.2) is 0 Å². The largest absolute Gasteiger partial charge is 0.390 e. The summed E-state index contributed by atoms with van der Waals surface area (Å²) < 4.78 is 38.6. The lowest BCUT2D eigenvalue weighted by atomic mass is 9.99. The second-order valence-corrected chi connectivity index (χ2v) is 6.40. The summed E-state index contributed by atoms with van der Waals surface area (Å²) in [5.41, 5.74) is 0. The fraction of sp³-hybridized carbons (Fsp3) is 1.00. The van der Waals surface area contributed by atoms with Gasteiger partial charge in [-0.15, -0.1) is 0 Å². The van der Waals surface area contributed by atoms with E-state index in [0.29, 0.717) is 12.5 Å². The van der Waals surface area contributed by atoms with E-state index in [1.54, 1.807) is 0 Å². The van der Waals surface area contributed by atoms with Crippen LogP contribution in [0.3, 0.4) is 0 Å². The summed E-state index contributed by atoms with van der Waals surface area (Å²) in [4.78, 5) is 2.06. The number of hydrogen-bond donors (Lipinski definition) is 3. The molecule has 3 unspecified atom stereocenters. The number of nitrogens with zero attached hydrogens (tertiary/aromatic N) is 1. The van der Waals surface area contributed by atoms with Crippen LogP contribution in [0.5, 0.6) is 0 Å². The average molecular weight is 322 g/mol. The molecule has 2 aliphatic heterocycles. The Bertz CT molecular complexity index is 312. The van der Waals surface area contributed by atoms with Gasteiger partial charge in [-0.3, -0.25) is 4.90 Å². The van der Waals surface area contributed by atoms with Gasteiger partial charge in [0.2, 0.25) is 0 Å². The molecule has 0 aromatic heterocycles. The Kier molecular flexibility index (Phi) is 7.40. The van der Waals surface area contributed by atoms with E-state index in [2.05, 4.69) is 20.9 Å². The molecule has 4 nitrogen and oxygen atoms in total. The lowest BCUT2D eigenvalue weighted by molar-refractivity contribution is -0.149. The van der Waals surface area contributed by atoms with Gasteiger partial charge in [-0.1, -0.05) is 0 Å². The van der Waals surface area contributed by atoms with E-state index in [4.69, 9.17) is 0 Å². The number of alkyl halides is 3. The first-order valence-electron chi connectivity index (χ1n) is 8.50. The highest BCUT2D eigenvalue weighted by Crippen LogP contribution is 2.28. The molecule has 0 radical (unpaired) electrons. The van der Waals surface area contributed by atoms with E-state index in [-0.39, 0.29) is 6.04 Å². The van der Waals surface area contributed by atoms with Crippen LogP contribution in [0.2, 0.25) is 0 Å². The standard InChI is InChI=1S/C15H29F3N4/c16-15(17,18)11-14-4-1-5-19-6-7-20-8-9-21-13-3-2-10-22(14)12-13/h13-14,19-21H,1-12H2. The molecule has 2 fully saturated rings. The molecule has 2 saturated heterocycles. The lowest BCUT2D eigenvalue weighted by Crippen LogP contribution is -2.51. The van der Waals surface area contributed by atoms with E-state index < -0.39 is 12.6 Å². The minimum Gasteiger partial charge on any atom is -0.315 e. The molecule has 3 N–H and O–H groups in total. The Morgan fingerprint density at radius 2 is 1.64 bits per heavy atom. The van der Waals surface area contributed by atoms with Crippen LogP contribution in [0.15, 0.2) is 0 Å². The van der Waals surface area contributed by atoms with Crippen molar-refractivity contribution in [2.24, 2.45) is 0 Å². The molecule has 0 aliphatic carbocycles. The van der Waals surface area contributed by atoms with Gasteiger partial charge in [-0.05, 0) is 38.8 Å². The summed E-state index contributed by atoms with van der Waals surface area (Å²) in [7, 11) is 0. The maximum atomic E-state index is 12.9. The molecule has 0 aromatic carbocycles. The van der Waals surface area contributed by atoms with Gasteiger partial charge in [-0.2, -0.15) is 13.2 Å². The Balaban J connectivity index is 1.95. The van der Waals surface area contributed by atoms with Gasteiger partial charge in [-0.25, -0.2) is 0 Å². The summed E-state index contributed by atoms with van der Waals surface area (Å²) in [5.74, 6) is 0. The van der Waals surface area contributed by atoms with Gasteiger partial charge in [0, 0.05) is 44.8 Å². The molecule has 22 heavy (non-hydrogen) atoms. The fourth-order valence-electron chi connectivity index (χ4n) is 3.44. The van der Waals surface area contributed by atoms with Crippen molar-refractivity contribution in [2.75, 3.05) is 45.8 Å². The van der Waals surface area contributed by atoms with Crippen LogP contribution in [-0.2, 0) is 0 Å². The fourth-order valence-corrected chi connectivity index (χ4v) is 3.44. The van der Waals surface area contributed by atoms with Gasteiger partial charge >= 0.3 is 6.18 Å². The SMILES string of the molecule is FC(F)(F)CC1CCCNCCNCCNC2CCCN1C2. The second kappa shape index (κ2) is 9.05. The molecule has 2 heterocycles. The maximum absolute atomic E-state index is 12.9. The lowest BCUT2D eigenvalue weighted by Gasteiger charge is -2.39. The molecular weight excluding hydrogens is 293 g/mol. The number of hydrogen-bond acceptors (Lipinski definition) is 4. The van der Waals surface area contributed by atoms with Crippen molar-refractivity contribution in [3.05, 3.63) is 0 Å². The highest BCUT2D eigenvalue weighted by atomic mass is 19.4. The number of rotatable bonds is 1. The number of fused-ring (bicyclic) bond motifs is 2. The van der Waals surface area contributed by atoms with Gasteiger partial charge in [0.25, 0.3) is 0 Å². The summed E-state index contributed by atoms with van der Waals surface area (Å²) in [5, 5.41) is 10.1. The first kappa shape index (κ1) is 18.0. The number of piperidine rings is 1. The van der Waals surface area contributed by atoms with E-state index in [1.165, 1.54) is 0 Å². The van der Waals surface area contributed by atoms with Gasteiger partial charge in [0.1, 0.15) is 0 Å². The highest BCUT2D eigenvalue weighted by molar-refractivity contribution is 4.84. The molecular formula is C15H29F3N4. The van der Waals surface area contributed by atoms with Gasteiger partial charge in [0.05, 0.1) is 6.42 Å². The molecule has 130 valence electrons. The normalized spacial score (nSPS) is 33.1. The molecule has 0 amide bonds. The van der Waals surface area contributed by atoms with Crippen molar-refractivity contribution in [3.8, 4) is 0 Å². The van der Waals surface area contributed by atoms with Crippen LogP contribution < -0.4 is 16.0 Å². The molecule has 7 heteroatoms.